The first kappa shape index (κ1) is 22.2. The third-order valence-corrected chi connectivity index (χ3v) is 6.08. The number of imide groups is 1. The fourth-order valence-electron chi connectivity index (χ4n) is 3.52. The van der Waals surface area contributed by atoms with Crippen LogP contribution in [0.5, 0.6) is 5.75 Å². The third-order valence-electron chi connectivity index (χ3n) is 5.17. The zero-order chi connectivity index (χ0) is 21.7. The van der Waals surface area contributed by atoms with Gasteiger partial charge in [0.2, 0.25) is 0 Å². The molecule has 0 aliphatic carbocycles. The molecule has 0 unspecified atom stereocenters. The molecule has 0 atom stereocenters. The number of carbonyl (C=O) groups excluding carboxylic acids is 2. The second-order valence-corrected chi connectivity index (χ2v) is 8.75. The number of ether oxygens (including phenoxy) is 1. The number of hydrogen-bond acceptors (Lipinski definition) is 4. The second-order valence-electron chi connectivity index (χ2n) is 7.76. The van der Waals surface area contributed by atoms with Crippen LogP contribution < -0.4 is 4.74 Å². The van der Waals surface area contributed by atoms with E-state index in [0.29, 0.717) is 24.0 Å². The van der Waals surface area contributed by atoms with Crippen molar-refractivity contribution in [2.45, 2.75) is 46.5 Å². The maximum Gasteiger partial charge on any atom is 0.293 e. The van der Waals surface area contributed by atoms with Crippen molar-refractivity contribution in [3.8, 4) is 5.75 Å². The largest absolute Gasteiger partial charge is 0.494 e. The molecule has 1 aliphatic rings. The Labute approximate surface area is 183 Å². The van der Waals surface area contributed by atoms with Crippen molar-refractivity contribution in [1.29, 1.82) is 0 Å². The van der Waals surface area contributed by atoms with Crippen molar-refractivity contribution >= 4 is 29.0 Å². The van der Waals surface area contributed by atoms with Gasteiger partial charge in [-0.3, -0.25) is 14.5 Å². The molecule has 1 saturated heterocycles. The van der Waals surface area contributed by atoms with E-state index in [-0.39, 0.29) is 11.1 Å². The summed E-state index contributed by atoms with van der Waals surface area (Å²) in [4.78, 5) is 27.1. The first-order valence-corrected chi connectivity index (χ1v) is 11.3. The van der Waals surface area contributed by atoms with E-state index < -0.39 is 0 Å². The Morgan fingerprint density at radius 1 is 1.13 bits per heavy atom. The number of hydrogen-bond donors (Lipinski definition) is 0. The van der Waals surface area contributed by atoms with Gasteiger partial charge in [0.05, 0.1) is 11.5 Å². The van der Waals surface area contributed by atoms with Crippen molar-refractivity contribution < 1.29 is 14.3 Å². The van der Waals surface area contributed by atoms with E-state index in [1.807, 2.05) is 44.2 Å². The van der Waals surface area contributed by atoms with Crippen LogP contribution in [0.1, 0.15) is 55.4 Å². The molecule has 1 fully saturated rings. The Hall–Kier alpha value is -2.53. The number of amides is 2. The minimum Gasteiger partial charge on any atom is -0.494 e. The third kappa shape index (κ3) is 5.14. The standard InChI is InChI=1S/C25H29NO3S/c1-5-29-22-14-18(4)20(15-21(22)17(2)3)16-23-24(27)26(25(28)30-23)13-9-12-19-10-7-6-8-11-19/h6-8,10-11,14-17H,5,9,12-13H2,1-4H3/b23-16-. The van der Waals surface area contributed by atoms with Crippen molar-refractivity contribution in [2.75, 3.05) is 13.2 Å². The SMILES string of the molecule is CCOc1cc(C)c(/C=C2\SC(=O)N(CCCc3ccccc3)C2=O)cc1C(C)C. The first-order chi connectivity index (χ1) is 14.4. The molecular formula is C25H29NO3S. The number of carbonyl (C=O) groups is 2. The van der Waals surface area contributed by atoms with Crippen LogP contribution in [0.2, 0.25) is 0 Å². The highest BCUT2D eigenvalue weighted by Crippen LogP contribution is 2.35. The van der Waals surface area contributed by atoms with Crippen molar-refractivity contribution in [3.05, 3.63) is 69.6 Å². The summed E-state index contributed by atoms with van der Waals surface area (Å²) in [6.45, 7) is 9.27. The van der Waals surface area contributed by atoms with Gasteiger partial charge in [-0.25, -0.2) is 0 Å². The van der Waals surface area contributed by atoms with Crippen LogP contribution in [-0.2, 0) is 11.2 Å². The molecule has 30 heavy (non-hydrogen) atoms. The molecule has 0 N–H and O–H groups in total. The molecule has 0 aromatic heterocycles. The lowest BCUT2D eigenvalue weighted by molar-refractivity contribution is -0.122. The highest BCUT2D eigenvalue weighted by molar-refractivity contribution is 8.18. The molecule has 2 aromatic rings. The second kappa shape index (κ2) is 9.98. The molecule has 5 heteroatoms. The van der Waals surface area contributed by atoms with Crippen LogP contribution >= 0.6 is 11.8 Å². The summed E-state index contributed by atoms with van der Waals surface area (Å²) >= 11 is 1.03. The van der Waals surface area contributed by atoms with Gasteiger partial charge in [-0.2, -0.15) is 0 Å². The zero-order valence-electron chi connectivity index (χ0n) is 18.1. The van der Waals surface area contributed by atoms with E-state index in [4.69, 9.17) is 4.74 Å². The van der Waals surface area contributed by atoms with Crippen molar-refractivity contribution in [3.63, 3.8) is 0 Å². The van der Waals surface area contributed by atoms with Crippen molar-refractivity contribution in [2.24, 2.45) is 0 Å². The Morgan fingerprint density at radius 2 is 1.87 bits per heavy atom. The molecule has 0 radical (unpaired) electrons. The molecule has 158 valence electrons. The van der Waals surface area contributed by atoms with Crippen LogP contribution in [0.4, 0.5) is 4.79 Å². The van der Waals surface area contributed by atoms with Gasteiger partial charge in [0.15, 0.2) is 0 Å². The van der Waals surface area contributed by atoms with Crippen LogP contribution in [0.15, 0.2) is 47.4 Å². The van der Waals surface area contributed by atoms with Crippen LogP contribution in [0, 0.1) is 6.92 Å². The van der Waals surface area contributed by atoms with Crippen LogP contribution in [-0.4, -0.2) is 29.2 Å². The molecule has 4 nitrogen and oxygen atoms in total. The maximum absolute atomic E-state index is 12.9. The van der Waals surface area contributed by atoms with Crippen molar-refractivity contribution in [1.82, 2.24) is 4.90 Å². The Balaban J connectivity index is 1.75. The summed E-state index contributed by atoms with van der Waals surface area (Å²) in [5.74, 6) is 0.987. The van der Waals surface area contributed by atoms with Gasteiger partial charge in [-0.15, -0.1) is 0 Å². The summed E-state index contributed by atoms with van der Waals surface area (Å²) < 4.78 is 5.78. The number of nitrogens with zero attached hydrogens (tertiary/aromatic N) is 1. The fraction of sp³-hybridized carbons (Fsp3) is 0.360. The molecule has 0 spiro atoms. The van der Waals surface area contributed by atoms with E-state index in [9.17, 15) is 9.59 Å². The average molecular weight is 424 g/mol. The van der Waals surface area contributed by atoms with Gasteiger partial charge in [0.25, 0.3) is 11.1 Å². The monoisotopic (exact) mass is 423 g/mol. The minimum atomic E-state index is -0.197. The molecule has 1 aliphatic heterocycles. The summed E-state index contributed by atoms with van der Waals surface area (Å²) in [6, 6.07) is 14.2. The Bertz CT molecular complexity index is 950. The lowest BCUT2D eigenvalue weighted by Gasteiger charge is -2.16. The molecule has 0 bridgehead atoms. The highest BCUT2D eigenvalue weighted by Gasteiger charge is 2.34. The molecule has 2 aromatic carbocycles. The first-order valence-electron chi connectivity index (χ1n) is 10.5. The lowest BCUT2D eigenvalue weighted by Crippen LogP contribution is -2.29. The summed E-state index contributed by atoms with van der Waals surface area (Å²) in [5.41, 5.74) is 4.30. The van der Waals surface area contributed by atoms with Gasteiger partial charge in [-0.1, -0.05) is 44.2 Å². The topological polar surface area (TPSA) is 46.6 Å². The van der Waals surface area contributed by atoms with Gasteiger partial charge < -0.3 is 4.74 Å². The summed E-state index contributed by atoms with van der Waals surface area (Å²) in [5, 5.41) is -0.188. The molecular weight excluding hydrogens is 394 g/mol. The predicted octanol–water partition coefficient (Wildman–Crippen LogP) is 6.19. The molecule has 3 rings (SSSR count). The fourth-order valence-corrected chi connectivity index (χ4v) is 4.38. The van der Waals surface area contributed by atoms with E-state index in [0.717, 1.165) is 47.0 Å². The van der Waals surface area contributed by atoms with E-state index in [1.165, 1.54) is 10.5 Å². The molecule has 1 heterocycles. The van der Waals surface area contributed by atoms with E-state index in [2.05, 4.69) is 32.0 Å². The molecule has 2 amide bonds. The van der Waals surface area contributed by atoms with Gasteiger partial charge in [0, 0.05) is 6.54 Å². The lowest BCUT2D eigenvalue weighted by atomic mass is 9.96. The number of rotatable bonds is 8. The smallest absolute Gasteiger partial charge is 0.293 e. The summed E-state index contributed by atoms with van der Waals surface area (Å²) in [6.07, 6.45) is 3.45. The highest BCUT2D eigenvalue weighted by atomic mass is 32.2. The molecule has 0 saturated carbocycles. The number of benzene rings is 2. The van der Waals surface area contributed by atoms with Crippen LogP contribution in [0.3, 0.4) is 0 Å². The Morgan fingerprint density at radius 3 is 2.53 bits per heavy atom. The van der Waals surface area contributed by atoms with Crippen LogP contribution in [0.25, 0.3) is 6.08 Å². The maximum atomic E-state index is 12.9. The van der Waals surface area contributed by atoms with Gasteiger partial charge in [-0.05, 0) is 84.8 Å². The zero-order valence-corrected chi connectivity index (χ0v) is 18.9. The minimum absolute atomic E-state index is 0.188. The van der Waals surface area contributed by atoms with E-state index >= 15 is 0 Å². The van der Waals surface area contributed by atoms with E-state index in [1.54, 1.807) is 0 Å². The normalized spacial score (nSPS) is 15.5. The van der Waals surface area contributed by atoms with Gasteiger partial charge >= 0.3 is 0 Å². The number of thioether (sulfide) groups is 1. The quantitative estimate of drug-likeness (QED) is 0.475. The average Bonchev–Trinajstić information content (AvgIpc) is 2.98. The number of aryl methyl sites for hydroxylation is 2. The predicted molar refractivity (Wildman–Crippen MR) is 124 cm³/mol. The summed E-state index contributed by atoms with van der Waals surface area (Å²) in [7, 11) is 0. The van der Waals surface area contributed by atoms with Gasteiger partial charge in [0.1, 0.15) is 5.75 Å². The Kier molecular flexibility index (Phi) is 7.38.